The first-order valence-electron chi connectivity index (χ1n) is 5.70. The maximum absolute atomic E-state index is 5.91. The monoisotopic (exact) mass is 238 g/mol. The Hall–Kier alpha value is -1.01. The zero-order valence-corrected chi connectivity index (χ0v) is 11.3. The molecule has 0 unspecified atom stereocenters. The van der Waals surface area contributed by atoms with Crippen molar-refractivity contribution in [2.75, 3.05) is 7.11 Å². The summed E-state index contributed by atoms with van der Waals surface area (Å²) in [7, 11) is 3.01. The van der Waals surface area contributed by atoms with Gasteiger partial charge in [0.05, 0.1) is 23.9 Å². The van der Waals surface area contributed by atoms with Gasteiger partial charge in [0.2, 0.25) is 5.88 Å². The van der Waals surface area contributed by atoms with Crippen LogP contribution in [0.3, 0.4) is 0 Å². The number of hydrogen-bond donors (Lipinski definition) is 0. The molecule has 1 aliphatic rings. The largest absolute Gasteiger partial charge is 0.516 e. The average molecular weight is 238 g/mol. The SMILES string of the molecule is COc1cc(B2OC(C)(C)C(C)(C)O2)nn1C. The lowest BCUT2D eigenvalue weighted by molar-refractivity contribution is 0.00578. The minimum absolute atomic E-state index is 0.345. The van der Waals surface area contributed by atoms with Crippen LogP contribution in [0, 0.1) is 0 Å². The Morgan fingerprint density at radius 2 is 1.76 bits per heavy atom. The fourth-order valence-corrected chi connectivity index (χ4v) is 1.74. The lowest BCUT2D eigenvalue weighted by Crippen LogP contribution is -2.41. The van der Waals surface area contributed by atoms with Crippen LogP contribution in [-0.2, 0) is 16.4 Å². The van der Waals surface area contributed by atoms with Crippen LogP contribution in [0.4, 0.5) is 0 Å². The van der Waals surface area contributed by atoms with Gasteiger partial charge in [-0.1, -0.05) is 0 Å². The Balaban J connectivity index is 2.26. The van der Waals surface area contributed by atoms with Gasteiger partial charge in [0, 0.05) is 13.1 Å². The van der Waals surface area contributed by atoms with Crippen molar-refractivity contribution >= 4 is 12.7 Å². The van der Waals surface area contributed by atoms with Crippen LogP contribution < -0.4 is 10.3 Å². The van der Waals surface area contributed by atoms with Gasteiger partial charge in [-0.3, -0.25) is 0 Å². The highest BCUT2D eigenvalue weighted by Gasteiger charge is 2.52. The predicted molar refractivity (Wildman–Crippen MR) is 65.5 cm³/mol. The van der Waals surface area contributed by atoms with Gasteiger partial charge in [-0.25, -0.2) is 4.68 Å². The molecule has 1 aromatic heterocycles. The molecule has 1 fully saturated rings. The van der Waals surface area contributed by atoms with E-state index in [9.17, 15) is 0 Å². The van der Waals surface area contributed by atoms with Crippen LogP contribution in [0.15, 0.2) is 6.07 Å². The van der Waals surface area contributed by atoms with Gasteiger partial charge in [0.15, 0.2) is 0 Å². The Morgan fingerprint density at radius 3 is 2.18 bits per heavy atom. The van der Waals surface area contributed by atoms with Crippen LogP contribution in [-0.4, -0.2) is 35.2 Å². The van der Waals surface area contributed by atoms with E-state index in [4.69, 9.17) is 14.0 Å². The van der Waals surface area contributed by atoms with Gasteiger partial charge in [-0.05, 0) is 27.7 Å². The van der Waals surface area contributed by atoms with Gasteiger partial charge in [0.1, 0.15) is 0 Å². The summed E-state index contributed by atoms with van der Waals surface area (Å²) in [5.41, 5.74) is 0.0493. The van der Waals surface area contributed by atoms with Gasteiger partial charge in [0.25, 0.3) is 0 Å². The molecule has 5 nitrogen and oxygen atoms in total. The van der Waals surface area contributed by atoms with Gasteiger partial charge < -0.3 is 14.0 Å². The standard InChI is InChI=1S/C11H19BN2O3/c1-10(2)11(3,4)17-12(16-10)8-7-9(15-6)14(5)13-8/h7H,1-6H3. The Kier molecular flexibility index (Phi) is 2.74. The lowest BCUT2D eigenvalue weighted by atomic mass is 9.85. The van der Waals surface area contributed by atoms with E-state index in [1.165, 1.54) is 0 Å². The minimum Gasteiger partial charge on any atom is -0.481 e. The first-order chi connectivity index (χ1) is 7.77. The van der Waals surface area contributed by atoms with Crippen molar-refractivity contribution in [2.24, 2.45) is 7.05 Å². The molecule has 0 aliphatic carbocycles. The maximum atomic E-state index is 5.91. The van der Waals surface area contributed by atoms with E-state index in [0.29, 0.717) is 5.88 Å². The number of nitrogens with zero attached hydrogens (tertiary/aromatic N) is 2. The number of ether oxygens (including phenoxy) is 1. The Morgan fingerprint density at radius 1 is 1.24 bits per heavy atom. The van der Waals surface area contributed by atoms with E-state index in [1.807, 2.05) is 40.8 Å². The van der Waals surface area contributed by atoms with E-state index in [1.54, 1.807) is 11.8 Å². The zero-order chi connectivity index (χ0) is 12.8. The molecule has 0 N–H and O–H groups in total. The van der Waals surface area contributed by atoms with E-state index < -0.39 is 7.12 Å². The highest BCUT2D eigenvalue weighted by Crippen LogP contribution is 2.36. The number of rotatable bonds is 2. The molecule has 17 heavy (non-hydrogen) atoms. The van der Waals surface area contributed by atoms with Crippen LogP contribution in [0.5, 0.6) is 5.88 Å². The van der Waals surface area contributed by atoms with Crippen molar-refractivity contribution < 1.29 is 14.0 Å². The molecule has 0 amide bonds. The van der Waals surface area contributed by atoms with E-state index in [-0.39, 0.29) is 11.2 Å². The molecule has 0 saturated carbocycles. The molecule has 1 saturated heterocycles. The summed E-state index contributed by atoms with van der Waals surface area (Å²) in [4.78, 5) is 0. The number of hydrogen-bond acceptors (Lipinski definition) is 4. The number of methoxy groups -OCH3 is 1. The summed E-state index contributed by atoms with van der Waals surface area (Å²) >= 11 is 0. The highest BCUT2D eigenvalue weighted by atomic mass is 16.7. The fourth-order valence-electron chi connectivity index (χ4n) is 1.74. The van der Waals surface area contributed by atoms with Crippen LogP contribution >= 0.6 is 0 Å². The minimum atomic E-state index is -0.435. The molecule has 1 aliphatic heterocycles. The maximum Gasteiger partial charge on any atom is 0.516 e. The van der Waals surface area contributed by atoms with Gasteiger partial charge in [-0.2, -0.15) is 5.10 Å². The average Bonchev–Trinajstić information content (AvgIpc) is 2.66. The smallest absolute Gasteiger partial charge is 0.481 e. The van der Waals surface area contributed by atoms with Crippen molar-refractivity contribution in [2.45, 2.75) is 38.9 Å². The molecule has 1 aromatic rings. The second kappa shape index (κ2) is 3.75. The predicted octanol–water partition coefficient (Wildman–Crippen LogP) is 0.728. The molecule has 0 atom stereocenters. The van der Waals surface area contributed by atoms with E-state index in [2.05, 4.69) is 5.10 Å². The van der Waals surface area contributed by atoms with Crippen LogP contribution in [0.1, 0.15) is 27.7 Å². The van der Waals surface area contributed by atoms with Gasteiger partial charge in [-0.15, -0.1) is 0 Å². The summed E-state index contributed by atoms with van der Waals surface area (Å²) in [5.74, 6) is 0.690. The van der Waals surface area contributed by atoms with E-state index >= 15 is 0 Å². The first kappa shape index (κ1) is 12.5. The zero-order valence-electron chi connectivity index (χ0n) is 11.3. The molecule has 0 bridgehead atoms. The topological polar surface area (TPSA) is 45.5 Å². The van der Waals surface area contributed by atoms with Crippen molar-refractivity contribution in [1.29, 1.82) is 0 Å². The second-order valence-corrected chi connectivity index (χ2v) is 5.32. The molecular formula is C11H19BN2O3. The van der Waals surface area contributed by atoms with E-state index in [0.717, 1.165) is 5.59 Å². The molecule has 94 valence electrons. The van der Waals surface area contributed by atoms with Crippen LogP contribution in [0.25, 0.3) is 0 Å². The molecule has 6 heteroatoms. The quantitative estimate of drug-likeness (QED) is 0.712. The number of aromatic nitrogens is 2. The van der Waals surface area contributed by atoms with Crippen LogP contribution in [0.2, 0.25) is 0 Å². The Bertz CT molecular complexity index is 412. The van der Waals surface area contributed by atoms with Crippen molar-refractivity contribution in [1.82, 2.24) is 9.78 Å². The first-order valence-corrected chi connectivity index (χ1v) is 5.70. The summed E-state index contributed by atoms with van der Waals surface area (Å²) in [6.45, 7) is 8.08. The summed E-state index contributed by atoms with van der Waals surface area (Å²) in [5, 5.41) is 4.34. The highest BCUT2D eigenvalue weighted by molar-refractivity contribution is 6.61. The molecule has 2 heterocycles. The third kappa shape index (κ3) is 1.95. The summed E-state index contributed by atoms with van der Waals surface area (Å²) < 4.78 is 18.7. The van der Waals surface area contributed by atoms with Gasteiger partial charge >= 0.3 is 7.12 Å². The Labute approximate surface area is 102 Å². The normalized spacial score (nSPS) is 21.9. The molecular weight excluding hydrogens is 219 g/mol. The number of aryl methyl sites for hydroxylation is 1. The van der Waals surface area contributed by atoms with Crippen molar-refractivity contribution in [3.8, 4) is 5.88 Å². The third-order valence-electron chi connectivity index (χ3n) is 3.56. The molecule has 0 radical (unpaired) electrons. The molecule has 0 spiro atoms. The van der Waals surface area contributed by atoms with Crippen molar-refractivity contribution in [3.05, 3.63) is 6.07 Å². The molecule has 0 aromatic carbocycles. The lowest BCUT2D eigenvalue weighted by Gasteiger charge is -2.32. The summed E-state index contributed by atoms with van der Waals surface area (Å²) in [6, 6.07) is 1.84. The second-order valence-electron chi connectivity index (χ2n) is 5.32. The molecule has 2 rings (SSSR count). The summed E-state index contributed by atoms with van der Waals surface area (Å²) in [6.07, 6.45) is 0. The fraction of sp³-hybridized carbons (Fsp3) is 0.727. The third-order valence-corrected chi connectivity index (χ3v) is 3.56. The van der Waals surface area contributed by atoms with Crippen molar-refractivity contribution in [3.63, 3.8) is 0 Å².